The summed E-state index contributed by atoms with van der Waals surface area (Å²) < 4.78 is 13.2. The molecule has 19 heavy (non-hydrogen) atoms. The second-order valence-electron chi connectivity index (χ2n) is 5.15. The van der Waals surface area contributed by atoms with Gasteiger partial charge in [0.2, 0.25) is 0 Å². The van der Waals surface area contributed by atoms with Crippen molar-refractivity contribution in [1.29, 1.82) is 0 Å². The van der Waals surface area contributed by atoms with Crippen molar-refractivity contribution in [3.63, 3.8) is 0 Å². The third-order valence-electron chi connectivity index (χ3n) is 3.38. The SMILES string of the molecule is CCCC1(O)CN(Cc2cc(F)ccc2[N+](=O)[O-])C1. The van der Waals surface area contributed by atoms with Crippen LogP contribution in [0.3, 0.4) is 0 Å². The van der Waals surface area contributed by atoms with Crippen LogP contribution in [0.1, 0.15) is 25.3 Å². The molecule has 0 unspecified atom stereocenters. The van der Waals surface area contributed by atoms with Crippen molar-refractivity contribution in [2.45, 2.75) is 31.9 Å². The van der Waals surface area contributed by atoms with Crippen LogP contribution in [-0.2, 0) is 6.54 Å². The summed E-state index contributed by atoms with van der Waals surface area (Å²) in [5.41, 5.74) is -0.410. The number of hydrogen-bond acceptors (Lipinski definition) is 4. The van der Waals surface area contributed by atoms with E-state index in [0.29, 0.717) is 25.2 Å². The summed E-state index contributed by atoms with van der Waals surface area (Å²) in [6.45, 7) is 3.25. The highest BCUT2D eigenvalue weighted by molar-refractivity contribution is 5.40. The first-order chi connectivity index (χ1) is 8.93. The van der Waals surface area contributed by atoms with Gasteiger partial charge >= 0.3 is 0 Å². The highest BCUT2D eigenvalue weighted by Gasteiger charge is 2.40. The van der Waals surface area contributed by atoms with Gasteiger partial charge in [0.05, 0.1) is 10.5 Å². The number of benzene rings is 1. The smallest absolute Gasteiger partial charge is 0.274 e. The van der Waals surface area contributed by atoms with Crippen LogP contribution in [0, 0.1) is 15.9 Å². The fourth-order valence-corrected chi connectivity index (χ4v) is 2.62. The van der Waals surface area contributed by atoms with Gasteiger partial charge in [-0.15, -0.1) is 0 Å². The quantitative estimate of drug-likeness (QED) is 0.656. The molecule has 0 radical (unpaired) electrons. The van der Waals surface area contributed by atoms with E-state index < -0.39 is 16.3 Å². The second kappa shape index (κ2) is 5.22. The van der Waals surface area contributed by atoms with E-state index in [4.69, 9.17) is 0 Å². The van der Waals surface area contributed by atoms with Crippen molar-refractivity contribution in [2.75, 3.05) is 13.1 Å². The first kappa shape index (κ1) is 13.9. The van der Waals surface area contributed by atoms with Gasteiger partial charge in [0.1, 0.15) is 5.82 Å². The molecule has 0 aromatic heterocycles. The van der Waals surface area contributed by atoms with Crippen LogP contribution < -0.4 is 0 Å². The molecular formula is C13H17FN2O3. The van der Waals surface area contributed by atoms with E-state index in [9.17, 15) is 19.6 Å². The van der Waals surface area contributed by atoms with Gasteiger partial charge in [-0.3, -0.25) is 15.0 Å². The number of β-amino-alcohol motifs (C(OH)–C–C–N with tert-alkyl or cyclic N) is 1. The normalized spacial score (nSPS) is 18.1. The zero-order valence-electron chi connectivity index (χ0n) is 10.8. The Kier molecular flexibility index (Phi) is 3.82. The molecule has 1 fully saturated rings. The summed E-state index contributed by atoms with van der Waals surface area (Å²) in [7, 11) is 0. The van der Waals surface area contributed by atoms with Gasteiger partial charge in [-0.1, -0.05) is 13.3 Å². The Labute approximate surface area is 110 Å². The Morgan fingerprint density at radius 2 is 2.21 bits per heavy atom. The standard InChI is InChI=1S/C13H17FN2O3/c1-2-5-13(17)8-15(9-13)7-10-6-11(14)3-4-12(10)16(18)19/h3-4,6,17H,2,5,7-9H2,1H3. The Morgan fingerprint density at radius 3 is 2.79 bits per heavy atom. The zero-order chi connectivity index (χ0) is 14.0. The monoisotopic (exact) mass is 268 g/mol. The van der Waals surface area contributed by atoms with Crippen LogP contribution in [0.15, 0.2) is 18.2 Å². The largest absolute Gasteiger partial charge is 0.387 e. The number of hydrogen-bond donors (Lipinski definition) is 1. The third-order valence-corrected chi connectivity index (χ3v) is 3.38. The van der Waals surface area contributed by atoms with E-state index in [1.54, 1.807) is 0 Å². The van der Waals surface area contributed by atoms with Gasteiger partial charge in [0.25, 0.3) is 5.69 Å². The molecule has 1 heterocycles. The molecule has 2 rings (SSSR count). The van der Waals surface area contributed by atoms with E-state index in [1.807, 2.05) is 11.8 Å². The predicted octanol–water partition coefficient (Wildman–Crippen LogP) is 2.08. The number of halogens is 1. The van der Waals surface area contributed by atoms with E-state index >= 15 is 0 Å². The topological polar surface area (TPSA) is 66.6 Å². The number of nitro benzene ring substituents is 1. The van der Waals surface area contributed by atoms with Gasteiger partial charge in [0, 0.05) is 31.3 Å². The maximum Gasteiger partial charge on any atom is 0.274 e. The van der Waals surface area contributed by atoms with Crippen LogP contribution in [0.25, 0.3) is 0 Å². The minimum absolute atomic E-state index is 0.0765. The molecule has 1 aromatic carbocycles. The fraction of sp³-hybridized carbons (Fsp3) is 0.538. The van der Waals surface area contributed by atoms with Gasteiger partial charge in [0.15, 0.2) is 0 Å². The summed E-state index contributed by atoms with van der Waals surface area (Å²) in [6, 6.07) is 3.46. The molecule has 1 aromatic rings. The van der Waals surface area contributed by atoms with Crippen LogP contribution in [0.4, 0.5) is 10.1 Å². The first-order valence-corrected chi connectivity index (χ1v) is 6.31. The van der Waals surface area contributed by atoms with Gasteiger partial charge < -0.3 is 5.11 Å². The fourth-order valence-electron chi connectivity index (χ4n) is 2.62. The molecule has 0 amide bonds. The average molecular weight is 268 g/mol. The van der Waals surface area contributed by atoms with Gasteiger partial charge in [-0.05, 0) is 18.6 Å². The summed E-state index contributed by atoms with van der Waals surface area (Å²) in [5.74, 6) is -0.482. The summed E-state index contributed by atoms with van der Waals surface area (Å²) in [6.07, 6.45) is 1.61. The Balaban J connectivity index is 2.05. The van der Waals surface area contributed by atoms with Crippen molar-refractivity contribution in [2.24, 2.45) is 0 Å². The minimum Gasteiger partial charge on any atom is -0.387 e. The summed E-state index contributed by atoms with van der Waals surface area (Å²) >= 11 is 0. The van der Waals surface area contributed by atoms with Crippen molar-refractivity contribution in [1.82, 2.24) is 4.90 Å². The lowest BCUT2D eigenvalue weighted by Gasteiger charge is -2.46. The molecule has 1 aliphatic rings. The molecule has 1 aliphatic heterocycles. The minimum atomic E-state index is -0.684. The van der Waals surface area contributed by atoms with Crippen molar-refractivity contribution < 1.29 is 14.4 Å². The summed E-state index contributed by atoms with van der Waals surface area (Å²) in [5, 5.41) is 20.9. The third kappa shape index (κ3) is 3.08. The molecule has 104 valence electrons. The van der Waals surface area contributed by atoms with Crippen molar-refractivity contribution in [3.8, 4) is 0 Å². The van der Waals surface area contributed by atoms with Crippen molar-refractivity contribution >= 4 is 5.69 Å². The molecule has 0 spiro atoms. The van der Waals surface area contributed by atoms with E-state index in [0.717, 1.165) is 18.9 Å². The molecule has 6 heteroatoms. The predicted molar refractivity (Wildman–Crippen MR) is 68.2 cm³/mol. The first-order valence-electron chi connectivity index (χ1n) is 6.31. The van der Waals surface area contributed by atoms with Crippen LogP contribution >= 0.6 is 0 Å². The van der Waals surface area contributed by atoms with E-state index in [-0.39, 0.29) is 5.69 Å². The second-order valence-corrected chi connectivity index (χ2v) is 5.15. The molecule has 0 atom stereocenters. The highest BCUT2D eigenvalue weighted by atomic mass is 19.1. The van der Waals surface area contributed by atoms with Gasteiger partial charge in [-0.2, -0.15) is 0 Å². The van der Waals surface area contributed by atoms with Crippen LogP contribution in [0.5, 0.6) is 0 Å². The lowest BCUT2D eigenvalue weighted by molar-refractivity contribution is -0.385. The van der Waals surface area contributed by atoms with Crippen LogP contribution in [0.2, 0.25) is 0 Å². The number of aliphatic hydroxyl groups is 1. The van der Waals surface area contributed by atoms with Crippen molar-refractivity contribution in [3.05, 3.63) is 39.7 Å². The maximum absolute atomic E-state index is 13.2. The van der Waals surface area contributed by atoms with Gasteiger partial charge in [-0.25, -0.2) is 4.39 Å². The number of likely N-dealkylation sites (tertiary alicyclic amines) is 1. The Bertz CT molecular complexity index is 487. The molecule has 1 N–H and O–H groups in total. The average Bonchev–Trinajstić information content (AvgIpc) is 2.26. The van der Waals surface area contributed by atoms with E-state index in [1.165, 1.54) is 12.1 Å². The molecule has 0 saturated carbocycles. The Hall–Kier alpha value is -1.53. The number of nitrogens with zero attached hydrogens (tertiary/aromatic N) is 2. The molecule has 1 saturated heterocycles. The van der Waals surface area contributed by atoms with E-state index in [2.05, 4.69) is 0 Å². The number of nitro groups is 1. The molecule has 5 nitrogen and oxygen atoms in total. The molecular weight excluding hydrogens is 251 g/mol. The Morgan fingerprint density at radius 1 is 1.53 bits per heavy atom. The zero-order valence-corrected chi connectivity index (χ0v) is 10.8. The highest BCUT2D eigenvalue weighted by Crippen LogP contribution is 2.29. The number of rotatable bonds is 5. The van der Waals surface area contributed by atoms with Crippen LogP contribution in [-0.4, -0.2) is 33.6 Å². The molecule has 0 bridgehead atoms. The maximum atomic E-state index is 13.2. The lowest BCUT2D eigenvalue weighted by Crippen LogP contribution is -2.60. The molecule has 0 aliphatic carbocycles. The lowest BCUT2D eigenvalue weighted by atomic mass is 9.89. The summed E-state index contributed by atoms with van der Waals surface area (Å²) in [4.78, 5) is 12.2.